The summed E-state index contributed by atoms with van der Waals surface area (Å²) in [6, 6.07) is 27.4. The van der Waals surface area contributed by atoms with E-state index >= 15 is 0 Å². The number of rotatable bonds is 8. The van der Waals surface area contributed by atoms with E-state index in [0.29, 0.717) is 0 Å². The molecule has 0 bridgehead atoms. The second-order valence-corrected chi connectivity index (χ2v) is 11.6. The summed E-state index contributed by atoms with van der Waals surface area (Å²) in [7, 11) is 2.18. The van der Waals surface area contributed by atoms with Gasteiger partial charge in [0.15, 0.2) is 0 Å². The Hall–Kier alpha value is -2.36. The highest BCUT2D eigenvalue weighted by Crippen LogP contribution is 2.40. The van der Waals surface area contributed by atoms with Gasteiger partial charge in [0.25, 0.3) is 0 Å². The fourth-order valence-electron chi connectivity index (χ4n) is 5.15. The molecule has 36 heavy (non-hydrogen) atoms. The summed E-state index contributed by atoms with van der Waals surface area (Å²) in [5.41, 5.74) is 10.3. The Morgan fingerprint density at radius 2 is 0.972 bits per heavy atom. The summed E-state index contributed by atoms with van der Waals surface area (Å²) >= 11 is 7.77. The Kier molecular flexibility index (Phi) is 7.69. The second-order valence-electron chi connectivity index (χ2n) is 9.86. The fraction of sp³-hybridized carbons (Fsp3) is 0.273. The molecule has 5 rings (SSSR count). The molecule has 1 heterocycles. The highest BCUT2D eigenvalue weighted by atomic mass is 79.9. The molecule has 3 heteroatoms. The fourth-order valence-corrected chi connectivity index (χ4v) is 6.29. The number of hydrogen-bond acceptors (Lipinski definition) is 0. The molecule has 5 aromatic rings. The van der Waals surface area contributed by atoms with Gasteiger partial charge in [0.05, 0.1) is 0 Å². The average molecular weight is 603 g/mol. The topological polar surface area (TPSA) is 4.93 Å². The summed E-state index contributed by atoms with van der Waals surface area (Å²) in [6.07, 6.45) is 7.24. The number of halogens is 2. The van der Waals surface area contributed by atoms with E-state index in [1.165, 1.54) is 80.9 Å². The van der Waals surface area contributed by atoms with E-state index in [9.17, 15) is 0 Å². The van der Waals surface area contributed by atoms with Crippen LogP contribution in [0.15, 0.2) is 81.7 Å². The Morgan fingerprint density at radius 3 is 1.33 bits per heavy atom. The van der Waals surface area contributed by atoms with Gasteiger partial charge in [-0.25, -0.2) is 0 Å². The van der Waals surface area contributed by atoms with Crippen LogP contribution in [-0.2, 0) is 19.9 Å². The van der Waals surface area contributed by atoms with Crippen molar-refractivity contribution in [3.8, 4) is 22.3 Å². The van der Waals surface area contributed by atoms with Gasteiger partial charge in [-0.05, 0) is 83.3 Å². The van der Waals surface area contributed by atoms with E-state index < -0.39 is 0 Å². The van der Waals surface area contributed by atoms with Crippen molar-refractivity contribution in [3.63, 3.8) is 0 Å². The second kappa shape index (κ2) is 10.9. The Labute approximate surface area is 231 Å². The minimum atomic E-state index is 1.13. The molecule has 1 nitrogen and oxygen atoms in total. The molecule has 0 aliphatic carbocycles. The molecule has 0 aliphatic heterocycles. The maximum absolute atomic E-state index is 3.88. The minimum Gasteiger partial charge on any atom is -0.344 e. The Bertz CT molecular complexity index is 1390. The zero-order valence-corrected chi connectivity index (χ0v) is 24.5. The van der Waals surface area contributed by atoms with Crippen LogP contribution in [0, 0.1) is 0 Å². The molecule has 1 aromatic heterocycles. The summed E-state index contributed by atoms with van der Waals surface area (Å²) in [5, 5.41) is 2.54. The first-order valence-electron chi connectivity index (χ1n) is 13.1. The molecular formula is C33H33Br2N. The summed E-state index contributed by atoms with van der Waals surface area (Å²) in [4.78, 5) is 0. The minimum absolute atomic E-state index is 1.13. The maximum Gasteiger partial charge on any atom is 0.0495 e. The zero-order valence-electron chi connectivity index (χ0n) is 21.4. The first kappa shape index (κ1) is 25.3. The van der Waals surface area contributed by atoms with Gasteiger partial charge in [0.1, 0.15) is 0 Å². The molecule has 0 saturated heterocycles. The normalized spacial score (nSPS) is 11.6. The Balaban J connectivity index is 1.56. The van der Waals surface area contributed by atoms with Gasteiger partial charge < -0.3 is 4.57 Å². The van der Waals surface area contributed by atoms with Gasteiger partial charge >= 0.3 is 0 Å². The highest BCUT2D eigenvalue weighted by molar-refractivity contribution is 9.11. The van der Waals surface area contributed by atoms with Crippen molar-refractivity contribution in [2.24, 2.45) is 7.05 Å². The summed E-state index contributed by atoms with van der Waals surface area (Å²) < 4.78 is 4.60. The third-order valence-corrected chi connectivity index (χ3v) is 8.66. The van der Waals surface area contributed by atoms with Crippen molar-refractivity contribution in [2.75, 3.05) is 0 Å². The lowest BCUT2D eigenvalue weighted by atomic mass is 9.99. The van der Waals surface area contributed by atoms with Gasteiger partial charge in [0, 0.05) is 37.8 Å². The van der Waals surface area contributed by atoms with Gasteiger partial charge in [-0.2, -0.15) is 0 Å². The summed E-state index contributed by atoms with van der Waals surface area (Å²) in [5.74, 6) is 0. The first-order chi connectivity index (χ1) is 17.5. The molecule has 0 aliphatic rings. The molecule has 0 saturated carbocycles. The van der Waals surface area contributed by atoms with Crippen LogP contribution in [0.4, 0.5) is 0 Å². The number of nitrogens with zero attached hydrogens (tertiary/aromatic N) is 1. The van der Waals surface area contributed by atoms with Crippen LogP contribution in [0.2, 0.25) is 0 Å². The van der Waals surface area contributed by atoms with E-state index in [4.69, 9.17) is 0 Å². The third kappa shape index (κ3) is 4.93. The van der Waals surface area contributed by atoms with Crippen molar-refractivity contribution < 1.29 is 0 Å². The monoisotopic (exact) mass is 601 g/mol. The molecule has 0 radical (unpaired) electrons. The van der Waals surface area contributed by atoms with Crippen LogP contribution in [-0.4, -0.2) is 4.57 Å². The van der Waals surface area contributed by atoms with Crippen molar-refractivity contribution in [3.05, 3.63) is 92.9 Å². The molecule has 0 fully saturated rings. The van der Waals surface area contributed by atoms with Gasteiger partial charge in [-0.15, -0.1) is 0 Å². The van der Waals surface area contributed by atoms with Crippen LogP contribution in [0.25, 0.3) is 44.1 Å². The summed E-state index contributed by atoms with van der Waals surface area (Å²) in [6.45, 7) is 4.49. The molecular weight excluding hydrogens is 570 g/mol. The van der Waals surface area contributed by atoms with E-state index in [-0.39, 0.29) is 0 Å². The van der Waals surface area contributed by atoms with E-state index in [1.54, 1.807) is 0 Å². The standard InChI is InChI=1S/C33H33Br2N/c1-4-6-8-22-10-14-24(15-11-22)26-20-32-28(18-30(26)34)29-19-31(35)27(21-33(29)36(32)3)25-16-12-23(13-17-25)9-7-5-2/h10-21H,4-9H2,1-3H3. The third-order valence-electron chi connectivity index (χ3n) is 7.35. The zero-order chi connectivity index (χ0) is 25.2. The molecule has 0 amide bonds. The van der Waals surface area contributed by atoms with Crippen LogP contribution in [0.3, 0.4) is 0 Å². The van der Waals surface area contributed by atoms with Crippen molar-refractivity contribution in [1.82, 2.24) is 4.57 Å². The van der Waals surface area contributed by atoms with Crippen molar-refractivity contribution in [1.29, 1.82) is 0 Å². The van der Waals surface area contributed by atoms with Crippen LogP contribution >= 0.6 is 31.9 Å². The van der Waals surface area contributed by atoms with E-state index in [1.807, 2.05) is 0 Å². The molecule has 0 spiro atoms. The largest absolute Gasteiger partial charge is 0.344 e. The van der Waals surface area contributed by atoms with E-state index in [2.05, 4.69) is 130 Å². The van der Waals surface area contributed by atoms with Crippen LogP contribution in [0.5, 0.6) is 0 Å². The number of aryl methyl sites for hydroxylation is 3. The lowest BCUT2D eigenvalue weighted by molar-refractivity contribution is 0.795. The number of fused-ring (bicyclic) bond motifs is 3. The van der Waals surface area contributed by atoms with Gasteiger partial charge in [-0.1, -0.05) is 107 Å². The highest BCUT2D eigenvalue weighted by Gasteiger charge is 2.16. The Morgan fingerprint density at radius 1 is 0.583 bits per heavy atom. The molecule has 0 N–H and O–H groups in total. The van der Waals surface area contributed by atoms with E-state index in [0.717, 1.165) is 21.8 Å². The lowest BCUT2D eigenvalue weighted by Gasteiger charge is -2.08. The lowest BCUT2D eigenvalue weighted by Crippen LogP contribution is -1.90. The molecule has 4 aromatic carbocycles. The quantitative estimate of drug-likeness (QED) is 0.166. The number of hydrogen-bond donors (Lipinski definition) is 0. The molecule has 0 atom stereocenters. The van der Waals surface area contributed by atoms with Gasteiger partial charge in [0.2, 0.25) is 0 Å². The van der Waals surface area contributed by atoms with Crippen molar-refractivity contribution >= 4 is 53.7 Å². The maximum atomic E-state index is 3.88. The SMILES string of the molecule is CCCCc1ccc(-c2cc3c(cc2Br)c2cc(Br)c(-c4ccc(CCCC)cc4)cc2n3C)cc1. The van der Waals surface area contributed by atoms with Gasteiger partial charge in [-0.3, -0.25) is 0 Å². The number of benzene rings is 4. The molecule has 184 valence electrons. The van der Waals surface area contributed by atoms with Crippen LogP contribution in [0.1, 0.15) is 50.7 Å². The predicted molar refractivity (Wildman–Crippen MR) is 164 cm³/mol. The first-order valence-corrected chi connectivity index (χ1v) is 14.7. The van der Waals surface area contributed by atoms with Crippen molar-refractivity contribution in [2.45, 2.75) is 52.4 Å². The molecule has 0 unspecified atom stereocenters. The number of aromatic nitrogens is 1. The predicted octanol–water partition coefficient (Wildman–Crippen LogP) is 10.9. The smallest absolute Gasteiger partial charge is 0.0495 e. The number of unbranched alkanes of at least 4 members (excludes halogenated alkanes) is 2. The average Bonchev–Trinajstić information content (AvgIpc) is 3.15. The van der Waals surface area contributed by atoms with Crippen LogP contribution < -0.4 is 0 Å².